The zero-order chi connectivity index (χ0) is 13.4. The van der Waals surface area contributed by atoms with Gasteiger partial charge < -0.3 is 9.67 Å². The molecule has 0 fully saturated rings. The molecule has 1 N–H and O–H groups in total. The number of aromatic carboxylic acids is 1. The summed E-state index contributed by atoms with van der Waals surface area (Å²) in [6, 6.07) is 1.97. The normalized spacial score (nSPS) is 10.7. The number of benzene rings is 1. The molecule has 0 aliphatic heterocycles. The summed E-state index contributed by atoms with van der Waals surface area (Å²) in [7, 11) is 0. The van der Waals surface area contributed by atoms with Gasteiger partial charge in [0.2, 0.25) is 0 Å². The second-order valence-corrected chi connectivity index (χ2v) is 3.87. The fourth-order valence-corrected chi connectivity index (χ4v) is 1.69. The third-order valence-corrected chi connectivity index (χ3v) is 2.46. The average Bonchev–Trinajstić information content (AvgIpc) is 2.65. The first-order valence-corrected chi connectivity index (χ1v) is 5.04. The number of carbonyl (C=O) groups is 1. The maximum absolute atomic E-state index is 13.5. The summed E-state index contributed by atoms with van der Waals surface area (Å²) in [5, 5.41) is 8.92. The highest BCUT2D eigenvalue weighted by Gasteiger charge is 2.18. The molecule has 0 saturated heterocycles. The number of hydrogen-bond acceptors (Lipinski definition) is 1. The van der Waals surface area contributed by atoms with Crippen LogP contribution in [0.1, 0.15) is 10.5 Å². The van der Waals surface area contributed by atoms with Crippen LogP contribution in [0.2, 0.25) is 5.02 Å². The minimum Gasteiger partial charge on any atom is -0.477 e. The highest BCUT2D eigenvalue weighted by atomic mass is 35.5. The van der Waals surface area contributed by atoms with Gasteiger partial charge in [-0.1, -0.05) is 11.6 Å². The second kappa shape index (κ2) is 4.38. The fraction of sp³-hybridized carbons (Fsp3) is 0. The van der Waals surface area contributed by atoms with Gasteiger partial charge in [0.05, 0.1) is 10.7 Å². The van der Waals surface area contributed by atoms with Crippen molar-refractivity contribution in [1.29, 1.82) is 0 Å². The van der Waals surface area contributed by atoms with Crippen LogP contribution in [-0.4, -0.2) is 15.6 Å². The third kappa shape index (κ3) is 2.06. The smallest absolute Gasteiger partial charge is 0.352 e. The Morgan fingerprint density at radius 1 is 1.11 bits per heavy atom. The van der Waals surface area contributed by atoms with Gasteiger partial charge in [0.15, 0.2) is 11.6 Å². The predicted molar refractivity (Wildman–Crippen MR) is 57.6 cm³/mol. The third-order valence-electron chi connectivity index (χ3n) is 2.25. The van der Waals surface area contributed by atoms with E-state index in [9.17, 15) is 18.0 Å². The lowest BCUT2D eigenvalue weighted by atomic mass is 10.2. The molecule has 0 aliphatic carbocycles. The highest BCUT2D eigenvalue weighted by Crippen LogP contribution is 2.23. The molecule has 0 saturated carbocycles. The van der Waals surface area contributed by atoms with Crippen LogP contribution < -0.4 is 0 Å². The molecule has 1 aromatic heterocycles. The van der Waals surface area contributed by atoms with Gasteiger partial charge >= 0.3 is 5.97 Å². The summed E-state index contributed by atoms with van der Waals surface area (Å²) in [4.78, 5) is 10.9. The molecule has 94 valence electrons. The predicted octanol–water partition coefficient (Wildman–Crippen LogP) is 3.25. The summed E-state index contributed by atoms with van der Waals surface area (Å²) in [6.45, 7) is 0. The van der Waals surface area contributed by atoms with Gasteiger partial charge in [-0.2, -0.15) is 0 Å². The largest absolute Gasteiger partial charge is 0.477 e. The van der Waals surface area contributed by atoms with Gasteiger partial charge in [-0.3, -0.25) is 0 Å². The summed E-state index contributed by atoms with van der Waals surface area (Å²) in [5.41, 5.74) is -0.789. The Balaban J connectivity index is 2.69. The lowest BCUT2D eigenvalue weighted by Crippen LogP contribution is -2.08. The Hall–Kier alpha value is -1.95. The van der Waals surface area contributed by atoms with Gasteiger partial charge in [0.1, 0.15) is 11.5 Å². The van der Waals surface area contributed by atoms with Crippen LogP contribution in [0.3, 0.4) is 0 Å². The van der Waals surface area contributed by atoms with Crippen molar-refractivity contribution in [3.8, 4) is 5.69 Å². The quantitative estimate of drug-likeness (QED) is 0.855. The van der Waals surface area contributed by atoms with Crippen LogP contribution in [0.15, 0.2) is 24.4 Å². The van der Waals surface area contributed by atoms with E-state index in [0.717, 1.165) is 16.8 Å². The summed E-state index contributed by atoms with van der Waals surface area (Å²) < 4.78 is 40.2. The Kier molecular flexibility index (Phi) is 3.04. The summed E-state index contributed by atoms with van der Waals surface area (Å²) in [6.07, 6.45) is 1.10. The zero-order valence-electron chi connectivity index (χ0n) is 8.62. The number of aromatic nitrogens is 1. The molecule has 0 radical (unpaired) electrons. The molecule has 7 heteroatoms. The van der Waals surface area contributed by atoms with Gasteiger partial charge in [0.25, 0.3) is 0 Å². The molecule has 0 bridgehead atoms. The topological polar surface area (TPSA) is 42.2 Å². The van der Waals surface area contributed by atoms with E-state index in [1.807, 2.05) is 0 Å². The Morgan fingerprint density at radius 3 is 2.33 bits per heavy atom. The first kappa shape index (κ1) is 12.5. The molecule has 0 spiro atoms. The van der Waals surface area contributed by atoms with Crippen molar-refractivity contribution in [2.75, 3.05) is 0 Å². The first-order valence-electron chi connectivity index (χ1n) is 4.66. The second-order valence-electron chi connectivity index (χ2n) is 3.44. The Bertz CT molecular complexity index is 639. The van der Waals surface area contributed by atoms with Crippen molar-refractivity contribution in [3.05, 3.63) is 52.6 Å². The molecule has 0 aliphatic rings. The van der Waals surface area contributed by atoms with E-state index >= 15 is 0 Å². The van der Waals surface area contributed by atoms with Crippen LogP contribution in [0.25, 0.3) is 5.69 Å². The Labute approximate surface area is 104 Å². The lowest BCUT2D eigenvalue weighted by molar-refractivity contribution is 0.0688. The monoisotopic (exact) mass is 275 g/mol. The molecule has 3 nitrogen and oxygen atoms in total. The van der Waals surface area contributed by atoms with Crippen LogP contribution in [0.5, 0.6) is 0 Å². The molecule has 0 atom stereocenters. The number of hydrogen-bond donors (Lipinski definition) is 1. The van der Waals surface area contributed by atoms with Crippen molar-refractivity contribution in [1.82, 2.24) is 4.57 Å². The van der Waals surface area contributed by atoms with E-state index in [0.29, 0.717) is 12.1 Å². The average molecular weight is 276 g/mol. The number of rotatable bonds is 2. The van der Waals surface area contributed by atoms with Crippen molar-refractivity contribution in [3.63, 3.8) is 0 Å². The van der Waals surface area contributed by atoms with Crippen LogP contribution in [0.4, 0.5) is 13.2 Å². The van der Waals surface area contributed by atoms with Crippen LogP contribution in [0, 0.1) is 17.5 Å². The maximum Gasteiger partial charge on any atom is 0.352 e. The van der Waals surface area contributed by atoms with E-state index < -0.39 is 29.1 Å². The van der Waals surface area contributed by atoms with E-state index in [4.69, 9.17) is 16.7 Å². The molecule has 2 rings (SSSR count). The first-order chi connectivity index (χ1) is 8.40. The highest BCUT2D eigenvalue weighted by molar-refractivity contribution is 6.31. The lowest BCUT2D eigenvalue weighted by Gasteiger charge is -2.08. The zero-order valence-corrected chi connectivity index (χ0v) is 9.38. The van der Waals surface area contributed by atoms with Crippen LogP contribution >= 0.6 is 11.6 Å². The SMILES string of the molecule is O=C(O)c1cc(Cl)cn1-c1cc(F)c(F)cc1F. The maximum atomic E-state index is 13.5. The van der Waals surface area contributed by atoms with Gasteiger partial charge in [-0.05, 0) is 6.07 Å². The fourth-order valence-electron chi connectivity index (χ4n) is 1.49. The van der Waals surface area contributed by atoms with Gasteiger partial charge in [0, 0.05) is 18.3 Å². The van der Waals surface area contributed by atoms with Crippen molar-refractivity contribution in [2.24, 2.45) is 0 Å². The number of nitrogens with zero attached hydrogens (tertiary/aromatic N) is 1. The van der Waals surface area contributed by atoms with Crippen molar-refractivity contribution in [2.45, 2.75) is 0 Å². The molecule has 1 heterocycles. The minimum atomic E-state index is -1.37. The number of carboxylic acid groups (broad SMARTS) is 1. The van der Waals surface area contributed by atoms with E-state index in [1.165, 1.54) is 0 Å². The van der Waals surface area contributed by atoms with Crippen molar-refractivity contribution >= 4 is 17.6 Å². The van der Waals surface area contributed by atoms with E-state index in [1.54, 1.807) is 0 Å². The number of halogens is 4. The summed E-state index contributed by atoms with van der Waals surface area (Å²) >= 11 is 5.61. The number of carboxylic acids is 1. The molecule has 0 unspecified atom stereocenters. The molecule has 2 aromatic rings. The van der Waals surface area contributed by atoms with Crippen LogP contribution in [-0.2, 0) is 0 Å². The molecule has 1 aromatic carbocycles. The Morgan fingerprint density at radius 2 is 1.72 bits per heavy atom. The summed E-state index contributed by atoms with van der Waals surface area (Å²) in [5.74, 6) is -5.10. The van der Waals surface area contributed by atoms with E-state index in [-0.39, 0.29) is 10.7 Å². The molecular weight excluding hydrogens is 271 g/mol. The standard InChI is InChI=1S/C11H5ClF3NO2/c12-5-1-10(11(17)18)16(4-5)9-3-7(14)6(13)2-8(9)15/h1-4H,(H,17,18). The molecule has 18 heavy (non-hydrogen) atoms. The minimum absolute atomic E-state index is 0.0385. The molecule has 0 amide bonds. The van der Waals surface area contributed by atoms with Gasteiger partial charge in [-0.15, -0.1) is 0 Å². The van der Waals surface area contributed by atoms with Gasteiger partial charge in [-0.25, -0.2) is 18.0 Å². The van der Waals surface area contributed by atoms with E-state index in [2.05, 4.69) is 0 Å². The van der Waals surface area contributed by atoms with Crippen molar-refractivity contribution < 1.29 is 23.1 Å². The molecular formula is C11H5ClF3NO2.